The summed E-state index contributed by atoms with van der Waals surface area (Å²) < 4.78 is 1.99. The van der Waals surface area contributed by atoms with Gasteiger partial charge in [-0.3, -0.25) is 0 Å². The van der Waals surface area contributed by atoms with Gasteiger partial charge in [0.15, 0.2) is 0 Å². The Kier molecular flexibility index (Phi) is 2.91. The first kappa shape index (κ1) is 8.26. The van der Waals surface area contributed by atoms with Crippen molar-refractivity contribution in [2.45, 2.75) is 0 Å². The summed E-state index contributed by atoms with van der Waals surface area (Å²) in [4.78, 5) is 4.06. The maximum Gasteiger partial charge on any atom is 0.108 e. The van der Waals surface area contributed by atoms with Gasteiger partial charge in [0, 0.05) is 13.2 Å². The van der Waals surface area contributed by atoms with Crippen molar-refractivity contribution < 1.29 is 0 Å². The van der Waals surface area contributed by atoms with Crippen LogP contribution in [0.15, 0.2) is 16.9 Å². The Balaban J connectivity index is 3.09. The molecule has 1 rings (SSSR count). The lowest BCUT2D eigenvalue weighted by Crippen LogP contribution is -1.92. The average Bonchev–Trinajstić information content (AvgIpc) is 1.94. The van der Waals surface area contributed by atoms with E-state index < -0.39 is 0 Å². The molecule has 4 heteroatoms. The Labute approximate surface area is 81.7 Å². The molecular formula is C6H6BrIN2. The number of hydrogen-bond acceptors (Lipinski definition) is 2. The zero-order chi connectivity index (χ0) is 7.56. The van der Waals surface area contributed by atoms with Gasteiger partial charge >= 0.3 is 0 Å². The monoisotopic (exact) mass is 312 g/mol. The van der Waals surface area contributed by atoms with Crippen LogP contribution in [0, 0.1) is 3.57 Å². The molecule has 1 N–H and O–H groups in total. The van der Waals surface area contributed by atoms with Gasteiger partial charge in [-0.1, -0.05) is 0 Å². The van der Waals surface area contributed by atoms with Gasteiger partial charge in [0.2, 0.25) is 0 Å². The molecule has 1 aromatic rings. The van der Waals surface area contributed by atoms with Crippen molar-refractivity contribution in [3.63, 3.8) is 0 Å². The first-order valence-corrected chi connectivity index (χ1v) is 4.60. The highest BCUT2D eigenvalue weighted by molar-refractivity contribution is 14.1. The predicted molar refractivity (Wildman–Crippen MR) is 54.2 cm³/mol. The third-order valence-corrected chi connectivity index (χ3v) is 2.38. The van der Waals surface area contributed by atoms with Crippen molar-refractivity contribution in [1.82, 2.24) is 4.98 Å². The fraction of sp³-hybridized carbons (Fsp3) is 0.167. The summed E-state index contributed by atoms with van der Waals surface area (Å²) in [6.07, 6.45) is 1.82. The normalized spacial score (nSPS) is 9.50. The minimum absolute atomic E-state index is 0.859. The second kappa shape index (κ2) is 3.52. The molecule has 0 unspecified atom stereocenters. The molecule has 54 valence electrons. The lowest BCUT2D eigenvalue weighted by atomic mass is 10.4. The van der Waals surface area contributed by atoms with Crippen molar-refractivity contribution in [3.05, 3.63) is 20.4 Å². The molecule has 0 spiro atoms. The molecule has 10 heavy (non-hydrogen) atoms. The summed E-state index contributed by atoms with van der Waals surface area (Å²) >= 11 is 5.51. The summed E-state index contributed by atoms with van der Waals surface area (Å²) in [5.41, 5.74) is 1.10. The van der Waals surface area contributed by atoms with E-state index >= 15 is 0 Å². The number of hydrogen-bond donors (Lipinski definition) is 1. The van der Waals surface area contributed by atoms with Crippen molar-refractivity contribution in [1.29, 1.82) is 0 Å². The zero-order valence-electron chi connectivity index (χ0n) is 5.36. The Morgan fingerprint density at radius 1 is 1.70 bits per heavy atom. The number of nitrogens with zero attached hydrogens (tertiary/aromatic N) is 1. The summed E-state index contributed by atoms with van der Waals surface area (Å²) in [7, 11) is 1.89. The molecule has 1 heterocycles. The third kappa shape index (κ3) is 1.82. The Morgan fingerprint density at radius 3 is 2.90 bits per heavy atom. The fourth-order valence-electron chi connectivity index (χ4n) is 0.605. The standard InChI is InChI=1S/C6H6BrIN2/c1-9-5-2-6(7)10-3-4(5)8/h2-3H,1H3,(H,9,10). The lowest BCUT2D eigenvalue weighted by Gasteiger charge is -2.01. The van der Waals surface area contributed by atoms with Gasteiger partial charge in [0.05, 0.1) is 9.26 Å². The van der Waals surface area contributed by atoms with Crippen molar-refractivity contribution in [3.8, 4) is 0 Å². The van der Waals surface area contributed by atoms with Gasteiger partial charge in [-0.05, 0) is 44.6 Å². The van der Waals surface area contributed by atoms with Gasteiger partial charge < -0.3 is 5.32 Å². The number of pyridine rings is 1. The topological polar surface area (TPSA) is 24.9 Å². The summed E-state index contributed by atoms with van der Waals surface area (Å²) in [5, 5.41) is 3.06. The molecule has 0 saturated heterocycles. The van der Waals surface area contributed by atoms with Gasteiger partial charge in [-0.25, -0.2) is 4.98 Å². The van der Waals surface area contributed by atoms with Crippen LogP contribution in [0.5, 0.6) is 0 Å². The smallest absolute Gasteiger partial charge is 0.108 e. The molecule has 0 atom stereocenters. The van der Waals surface area contributed by atoms with Gasteiger partial charge in [-0.15, -0.1) is 0 Å². The minimum atomic E-state index is 0.859. The first-order chi connectivity index (χ1) is 4.74. The van der Waals surface area contributed by atoms with E-state index in [2.05, 4.69) is 48.8 Å². The minimum Gasteiger partial charge on any atom is -0.387 e. The van der Waals surface area contributed by atoms with Crippen LogP contribution < -0.4 is 5.32 Å². The van der Waals surface area contributed by atoms with E-state index in [0.717, 1.165) is 13.9 Å². The van der Waals surface area contributed by atoms with Crippen LogP contribution in [0.4, 0.5) is 5.69 Å². The van der Waals surface area contributed by atoms with Crippen LogP contribution in [0.3, 0.4) is 0 Å². The number of nitrogens with one attached hydrogen (secondary N) is 1. The molecule has 0 radical (unpaired) electrons. The third-order valence-electron chi connectivity index (χ3n) is 1.09. The molecule has 0 aromatic carbocycles. The number of aromatic nitrogens is 1. The van der Waals surface area contributed by atoms with E-state index in [1.54, 1.807) is 0 Å². The summed E-state index contributed by atoms with van der Waals surface area (Å²) in [6.45, 7) is 0. The molecule has 0 aliphatic carbocycles. The van der Waals surface area contributed by atoms with Crippen LogP contribution >= 0.6 is 38.5 Å². The molecule has 0 fully saturated rings. The molecule has 0 saturated carbocycles. The van der Waals surface area contributed by atoms with E-state index in [-0.39, 0.29) is 0 Å². The summed E-state index contributed by atoms with van der Waals surface area (Å²) in [5.74, 6) is 0. The second-order valence-electron chi connectivity index (χ2n) is 1.74. The van der Waals surface area contributed by atoms with Gasteiger partial charge in [-0.2, -0.15) is 0 Å². The largest absolute Gasteiger partial charge is 0.387 e. The molecule has 0 aliphatic heterocycles. The first-order valence-electron chi connectivity index (χ1n) is 2.73. The highest BCUT2D eigenvalue weighted by Gasteiger charge is 1.96. The predicted octanol–water partition coefficient (Wildman–Crippen LogP) is 2.49. The fourth-order valence-corrected chi connectivity index (χ4v) is 1.50. The van der Waals surface area contributed by atoms with Crippen LogP contribution in [-0.2, 0) is 0 Å². The van der Waals surface area contributed by atoms with E-state index in [0.29, 0.717) is 0 Å². The van der Waals surface area contributed by atoms with Crippen LogP contribution in [0.1, 0.15) is 0 Å². The maximum atomic E-state index is 4.06. The molecule has 1 aromatic heterocycles. The number of anilines is 1. The zero-order valence-corrected chi connectivity index (χ0v) is 9.10. The average molecular weight is 313 g/mol. The SMILES string of the molecule is CNc1cc(Br)ncc1I. The molecule has 0 aliphatic rings. The highest BCUT2D eigenvalue weighted by atomic mass is 127. The van der Waals surface area contributed by atoms with Crippen LogP contribution in [0.2, 0.25) is 0 Å². The van der Waals surface area contributed by atoms with Crippen LogP contribution in [-0.4, -0.2) is 12.0 Å². The summed E-state index contributed by atoms with van der Waals surface area (Å²) in [6, 6.07) is 1.95. The molecule has 0 bridgehead atoms. The maximum absolute atomic E-state index is 4.06. The molecule has 0 amide bonds. The second-order valence-corrected chi connectivity index (χ2v) is 3.71. The number of halogens is 2. The van der Waals surface area contributed by atoms with Crippen molar-refractivity contribution in [2.75, 3.05) is 12.4 Å². The Hall–Kier alpha value is 0.160. The Bertz CT molecular complexity index is 239. The highest BCUT2D eigenvalue weighted by Crippen LogP contribution is 2.19. The van der Waals surface area contributed by atoms with Gasteiger partial charge in [0.25, 0.3) is 0 Å². The quantitative estimate of drug-likeness (QED) is 0.636. The van der Waals surface area contributed by atoms with E-state index in [4.69, 9.17) is 0 Å². The van der Waals surface area contributed by atoms with Crippen molar-refractivity contribution in [2.24, 2.45) is 0 Å². The van der Waals surface area contributed by atoms with Crippen molar-refractivity contribution >= 4 is 44.2 Å². The van der Waals surface area contributed by atoms with Crippen LogP contribution in [0.25, 0.3) is 0 Å². The Morgan fingerprint density at radius 2 is 2.40 bits per heavy atom. The van der Waals surface area contributed by atoms with E-state index in [1.165, 1.54) is 0 Å². The van der Waals surface area contributed by atoms with E-state index in [9.17, 15) is 0 Å². The van der Waals surface area contributed by atoms with Gasteiger partial charge in [0.1, 0.15) is 4.60 Å². The molecular weight excluding hydrogens is 307 g/mol. The van der Waals surface area contributed by atoms with E-state index in [1.807, 2.05) is 19.3 Å². The molecule has 2 nitrogen and oxygen atoms in total. The number of rotatable bonds is 1. The lowest BCUT2D eigenvalue weighted by molar-refractivity contribution is 1.25.